The van der Waals surface area contributed by atoms with Gasteiger partial charge in [0.05, 0.1) is 6.10 Å². The summed E-state index contributed by atoms with van der Waals surface area (Å²) in [7, 11) is 1.52. The number of hydrogen-bond donors (Lipinski definition) is 1. The van der Waals surface area contributed by atoms with Gasteiger partial charge in [-0.3, -0.25) is 0 Å². The summed E-state index contributed by atoms with van der Waals surface area (Å²) in [5, 5.41) is 2.57. The van der Waals surface area contributed by atoms with Crippen LogP contribution in [0, 0.1) is 0 Å². The van der Waals surface area contributed by atoms with Gasteiger partial charge in [0.25, 0.3) is 0 Å². The summed E-state index contributed by atoms with van der Waals surface area (Å²) in [5.41, 5.74) is -0.966. The van der Waals surface area contributed by atoms with E-state index in [0.29, 0.717) is 0 Å². The molecule has 88 valence electrons. The SMILES string of the molecule is CNc1ccc(OC2CC2)c(C(F)(F)F)n1. The summed E-state index contributed by atoms with van der Waals surface area (Å²) in [6, 6.07) is 2.77. The van der Waals surface area contributed by atoms with Crippen molar-refractivity contribution in [2.75, 3.05) is 12.4 Å². The molecule has 0 amide bonds. The summed E-state index contributed by atoms with van der Waals surface area (Å²) >= 11 is 0. The van der Waals surface area contributed by atoms with Crippen LogP contribution in [0.5, 0.6) is 5.75 Å². The van der Waals surface area contributed by atoms with E-state index in [0.717, 1.165) is 12.8 Å². The quantitative estimate of drug-likeness (QED) is 0.869. The van der Waals surface area contributed by atoms with Crippen molar-refractivity contribution in [2.45, 2.75) is 25.1 Å². The van der Waals surface area contributed by atoms with Gasteiger partial charge in [-0.1, -0.05) is 0 Å². The smallest absolute Gasteiger partial charge is 0.437 e. The molecule has 1 saturated carbocycles. The molecule has 1 aliphatic rings. The fourth-order valence-corrected chi connectivity index (χ4v) is 1.25. The fraction of sp³-hybridized carbons (Fsp3) is 0.500. The first-order valence-electron chi connectivity index (χ1n) is 4.93. The molecule has 1 aliphatic carbocycles. The molecule has 1 aromatic heterocycles. The van der Waals surface area contributed by atoms with Crippen LogP contribution in [0.3, 0.4) is 0 Å². The monoisotopic (exact) mass is 232 g/mol. The minimum Gasteiger partial charge on any atom is -0.488 e. The molecule has 3 nitrogen and oxygen atoms in total. The fourth-order valence-electron chi connectivity index (χ4n) is 1.25. The van der Waals surface area contributed by atoms with Crippen molar-refractivity contribution in [1.82, 2.24) is 4.98 Å². The largest absolute Gasteiger partial charge is 0.488 e. The van der Waals surface area contributed by atoms with Crippen LogP contribution >= 0.6 is 0 Å². The number of rotatable bonds is 3. The molecule has 0 bridgehead atoms. The Morgan fingerprint density at radius 3 is 2.56 bits per heavy atom. The van der Waals surface area contributed by atoms with Gasteiger partial charge in [-0.15, -0.1) is 0 Å². The predicted molar refractivity (Wildman–Crippen MR) is 52.4 cm³/mol. The second-order valence-corrected chi connectivity index (χ2v) is 3.61. The minimum atomic E-state index is -4.49. The number of aromatic nitrogens is 1. The number of alkyl halides is 3. The third-order valence-corrected chi connectivity index (χ3v) is 2.20. The van der Waals surface area contributed by atoms with Crippen molar-refractivity contribution in [2.24, 2.45) is 0 Å². The third-order valence-electron chi connectivity index (χ3n) is 2.20. The van der Waals surface area contributed by atoms with Gasteiger partial charge in [-0.2, -0.15) is 13.2 Å². The third kappa shape index (κ3) is 2.37. The topological polar surface area (TPSA) is 34.1 Å². The van der Waals surface area contributed by atoms with E-state index in [1.807, 2.05) is 0 Å². The van der Waals surface area contributed by atoms with Crippen LogP contribution in [0.1, 0.15) is 18.5 Å². The summed E-state index contributed by atoms with van der Waals surface area (Å²) < 4.78 is 43.2. The van der Waals surface area contributed by atoms with Crippen LogP contribution in [0.4, 0.5) is 19.0 Å². The van der Waals surface area contributed by atoms with E-state index in [2.05, 4.69) is 10.3 Å². The maximum atomic E-state index is 12.7. The maximum absolute atomic E-state index is 12.7. The first kappa shape index (κ1) is 11.0. The molecule has 0 aliphatic heterocycles. The number of anilines is 1. The van der Waals surface area contributed by atoms with Crippen molar-refractivity contribution >= 4 is 5.82 Å². The van der Waals surface area contributed by atoms with Gasteiger partial charge >= 0.3 is 6.18 Å². The molecule has 2 rings (SSSR count). The van der Waals surface area contributed by atoms with E-state index in [1.54, 1.807) is 0 Å². The number of nitrogens with zero attached hydrogens (tertiary/aromatic N) is 1. The Balaban J connectivity index is 2.33. The molecule has 1 N–H and O–H groups in total. The highest BCUT2D eigenvalue weighted by Gasteiger charge is 2.38. The molecule has 0 saturated heterocycles. The standard InChI is InChI=1S/C10H11F3N2O/c1-14-8-5-4-7(16-6-2-3-6)9(15-8)10(11,12)13/h4-6H,2-3H2,1H3,(H,14,15). The Kier molecular flexibility index (Phi) is 2.65. The van der Waals surface area contributed by atoms with E-state index in [9.17, 15) is 13.2 Å². The van der Waals surface area contributed by atoms with Gasteiger partial charge in [0.15, 0.2) is 11.4 Å². The van der Waals surface area contributed by atoms with Gasteiger partial charge in [-0.25, -0.2) is 4.98 Å². The Labute approximate surface area is 90.6 Å². The molecular formula is C10H11F3N2O. The van der Waals surface area contributed by atoms with Crippen molar-refractivity contribution in [1.29, 1.82) is 0 Å². The van der Waals surface area contributed by atoms with Crippen LogP contribution < -0.4 is 10.1 Å². The molecule has 1 fully saturated rings. The first-order valence-corrected chi connectivity index (χ1v) is 4.93. The van der Waals surface area contributed by atoms with Crippen LogP contribution in [-0.2, 0) is 6.18 Å². The van der Waals surface area contributed by atoms with E-state index in [-0.39, 0.29) is 17.7 Å². The van der Waals surface area contributed by atoms with Crippen LogP contribution in [-0.4, -0.2) is 18.1 Å². The summed E-state index contributed by atoms with van der Waals surface area (Å²) in [6.45, 7) is 0. The second kappa shape index (κ2) is 3.84. The van der Waals surface area contributed by atoms with Gasteiger partial charge in [-0.05, 0) is 25.0 Å². The Bertz CT molecular complexity index is 388. The highest BCUT2D eigenvalue weighted by Crippen LogP contribution is 2.38. The molecule has 16 heavy (non-hydrogen) atoms. The molecule has 0 atom stereocenters. The number of halogens is 3. The van der Waals surface area contributed by atoms with E-state index in [1.165, 1.54) is 19.2 Å². The Morgan fingerprint density at radius 2 is 2.06 bits per heavy atom. The van der Waals surface area contributed by atoms with Crippen molar-refractivity contribution in [3.8, 4) is 5.75 Å². The lowest BCUT2D eigenvalue weighted by Crippen LogP contribution is -2.13. The van der Waals surface area contributed by atoms with Crippen molar-refractivity contribution in [3.05, 3.63) is 17.8 Å². The number of nitrogens with one attached hydrogen (secondary N) is 1. The lowest BCUT2D eigenvalue weighted by molar-refractivity contribution is -0.142. The molecule has 1 aromatic rings. The van der Waals surface area contributed by atoms with E-state index >= 15 is 0 Å². The lowest BCUT2D eigenvalue weighted by Gasteiger charge is -2.13. The molecule has 0 spiro atoms. The van der Waals surface area contributed by atoms with Crippen LogP contribution in [0.25, 0.3) is 0 Å². The van der Waals surface area contributed by atoms with Crippen molar-refractivity contribution < 1.29 is 17.9 Å². The molecular weight excluding hydrogens is 221 g/mol. The molecule has 6 heteroatoms. The second-order valence-electron chi connectivity index (χ2n) is 3.61. The highest BCUT2D eigenvalue weighted by molar-refractivity contribution is 5.42. The predicted octanol–water partition coefficient (Wildman–Crippen LogP) is 2.68. The van der Waals surface area contributed by atoms with Gasteiger partial charge in [0.1, 0.15) is 5.82 Å². The van der Waals surface area contributed by atoms with Crippen molar-refractivity contribution in [3.63, 3.8) is 0 Å². The van der Waals surface area contributed by atoms with Gasteiger partial charge in [0.2, 0.25) is 0 Å². The van der Waals surface area contributed by atoms with Crippen LogP contribution in [0.2, 0.25) is 0 Å². The van der Waals surface area contributed by atoms with Gasteiger partial charge in [0, 0.05) is 7.05 Å². The Hall–Kier alpha value is -1.46. The summed E-state index contributed by atoms with van der Waals surface area (Å²) in [4.78, 5) is 3.48. The van der Waals surface area contributed by atoms with E-state index in [4.69, 9.17) is 4.74 Å². The summed E-state index contributed by atoms with van der Waals surface area (Å²) in [5.74, 6) is -0.00975. The Morgan fingerprint density at radius 1 is 1.38 bits per heavy atom. The normalized spacial score (nSPS) is 16.0. The van der Waals surface area contributed by atoms with Gasteiger partial charge < -0.3 is 10.1 Å². The molecule has 0 radical (unpaired) electrons. The molecule has 0 unspecified atom stereocenters. The van der Waals surface area contributed by atoms with Crippen LogP contribution in [0.15, 0.2) is 12.1 Å². The molecule has 0 aromatic carbocycles. The highest BCUT2D eigenvalue weighted by atomic mass is 19.4. The first-order chi connectivity index (χ1) is 7.50. The zero-order chi connectivity index (χ0) is 11.8. The minimum absolute atomic E-state index is 0.0802. The lowest BCUT2D eigenvalue weighted by atomic mass is 10.3. The number of pyridine rings is 1. The van der Waals surface area contributed by atoms with E-state index < -0.39 is 11.9 Å². The summed E-state index contributed by atoms with van der Waals surface area (Å²) in [6.07, 6.45) is -2.95. The number of hydrogen-bond acceptors (Lipinski definition) is 3. The zero-order valence-corrected chi connectivity index (χ0v) is 8.64. The maximum Gasteiger partial charge on any atom is 0.437 e. The average molecular weight is 232 g/mol. The zero-order valence-electron chi connectivity index (χ0n) is 8.64. The number of ether oxygens (including phenoxy) is 1. The average Bonchev–Trinajstić information content (AvgIpc) is 3.01. The molecule has 1 heterocycles.